The zero-order chi connectivity index (χ0) is 17.3. The van der Waals surface area contributed by atoms with E-state index < -0.39 is 16.0 Å². The molecule has 0 aromatic heterocycles. The van der Waals surface area contributed by atoms with Crippen LogP contribution in [0.2, 0.25) is 0 Å². The molecule has 1 aliphatic rings. The van der Waals surface area contributed by atoms with E-state index in [1.807, 2.05) is 0 Å². The number of hydrogen-bond donors (Lipinski definition) is 2. The van der Waals surface area contributed by atoms with Gasteiger partial charge in [-0.2, -0.15) is 0 Å². The van der Waals surface area contributed by atoms with E-state index in [0.717, 1.165) is 0 Å². The highest BCUT2D eigenvalue weighted by atomic mass is 32.2. The Hall–Kier alpha value is -2.87. The van der Waals surface area contributed by atoms with Crippen molar-refractivity contribution in [3.8, 4) is 0 Å². The van der Waals surface area contributed by atoms with Gasteiger partial charge in [0, 0.05) is 5.69 Å². The summed E-state index contributed by atoms with van der Waals surface area (Å²) in [6.07, 6.45) is 0.136. The minimum atomic E-state index is -3.91. The summed E-state index contributed by atoms with van der Waals surface area (Å²) in [5.41, 5.74) is 1.46. The Kier molecular flexibility index (Phi) is 3.98. The molecule has 1 heterocycles. The minimum Gasteiger partial charge on any atom is -0.465 e. The van der Waals surface area contributed by atoms with E-state index in [2.05, 4.69) is 14.8 Å². The van der Waals surface area contributed by atoms with Crippen LogP contribution in [0.25, 0.3) is 0 Å². The van der Waals surface area contributed by atoms with Crippen LogP contribution in [0.5, 0.6) is 0 Å². The highest BCUT2D eigenvalue weighted by molar-refractivity contribution is 7.92. The highest BCUT2D eigenvalue weighted by Crippen LogP contribution is 2.27. The third kappa shape index (κ3) is 2.95. The number of rotatable bonds is 4. The topological polar surface area (TPSA) is 102 Å². The number of carbonyl (C=O) groups excluding carboxylic acids is 2. The summed E-state index contributed by atoms with van der Waals surface area (Å²) >= 11 is 0. The lowest BCUT2D eigenvalue weighted by atomic mass is 10.2. The second-order valence-corrected chi connectivity index (χ2v) is 6.87. The van der Waals surface area contributed by atoms with Gasteiger partial charge in [-0.1, -0.05) is 12.1 Å². The summed E-state index contributed by atoms with van der Waals surface area (Å²) in [7, 11) is -2.69. The average Bonchev–Trinajstić information content (AvgIpc) is 2.93. The molecular weight excluding hydrogens is 332 g/mol. The zero-order valence-corrected chi connectivity index (χ0v) is 13.5. The Bertz CT molecular complexity index is 937. The smallest absolute Gasteiger partial charge is 0.339 e. The first kappa shape index (κ1) is 16.0. The summed E-state index contributed by atoms with van der Waals surface area (Å²) in [6.45, 7) is 0. The third-order valence-corrected chi connectivity index (χ3v) is 4.95. The molecule has 0 aliphatic carbocycles. The Morgan fingerprint density at radius 2 is 1.96 bits per heavy atom. The van der Waals surface area contributed by atoms with Gasteiger partial charge in [0.2, 0.25) is 5.91 Å². The van der Waals surface area contributed by atoms with Crippen LogP contribution in [0.3, 0.4) is 0 Å². The number of sulfonamides is 1. The number of fused-ring (bicyclic) bond motifs is 1. The zero-order valence-electron chi connectivity index (χ0n) is 12.7. The van der Waals surface area contributed by atoms with Crippen LogP contribution in [0.4, 0.5) is 11.4 Å². The fourth-order valence-electron chi connectivity index (χ4n) is 2.44. The van der Waals surface area contributed by atoms with Gasteiger partial charge in [-0.05, 0) is 35.9 Å². The van der Waals surface area contributed by atoms with E-state index >= 15 is 0 Å². The number of anilines is 2. The van der Waals surface area contributed by atoms with Gasteiger partial charge in [0.05, 0.1) is 29.7 Å². The molecular formula is C16H14N2O5S. The molecule has 1 amide bonds. The SMILES string of the molecule is COC(=O)c1ccccc1NS(=O)(=O)c1ccc2c(c1)CC(=O)N2. The molecule has 0 spiro atoms. The van der Waals surface area contributed by atoms with Crippen LogP contribution >= 0.6 is 0 Å². The van der Waals surface area contributed by atoms with E-state index in [-0.39, 0.29) is 28.5 Å². The fraction of sp³-hybridized carbons (Fsp3) is 0.125. The standard InChI is InChI=1S/C16H14N2O5S/c1-23-16(20)12-4-2-3-5-14(12)18-24(21,22)11-6-7-13-10(8-11)9-15(19)17-13/h2-8,18H,9H2,1H3,(H,17,19). The summed E-state index contributed by atoms with van der Waals surface area (Å²) in [5, 5.41) is 2.64. The van der Waals surface area contributed by atoms with E-state index in [1.54, 1.807) is 18.2 Å². The Morgan fingerprint density at radius 3 is 2.71 bits per heavy atom. The van der Waals surface area contributed by atoms with E-state index in [0.29, 0.717) is 11.3 Å². The fourth-order valence-corrected chi connectivity index (χ4v) is 3.57. The van der Waals surface area contributed by atoms with Crippen molar-refractivity contribution in [2.75, 3.05) is 17.1 Å². The first-order chi connectivity index (χ1) is 11.4. The van der Waals surface area contributed by atoms with Gasteiger partial charge in [0.25, 0.3) is 10.0 Å². The maximum Gasteiger partial charge on any atom is 0.339 e. The number of amides is 1. The van der Waals surface area contributed by atoms with Crippen LogP contribution in [-0.4, -0.2) is 27.4 Å². The molecule has 7 nitrogen and oxygen atoms in total. The van der Waals surface area contributed by atoms with Crippen molar-refractivity contribution in [2.24, 2.45) is 0 Å². The normalized spacial score (nSPS) is 13.1. The molecule has 124 valence electrons. The summed E-state index contributed by atoms with van der Waals surface area (Å²) in [6, 6.07) is 10.5. The van der Waals surface area contributed by atoms with Crippen LogP contribution in [0, 0.1) is 0 Å². The molecule has 0 saturated heterocycles. The van der Waals surface area contributed by atoms with Crippen molar-refractivity contribution in [1.82, 2.24) is 0 Å². The van der Waals surface area contributed by atoms with Crippen molar-refractivity contribution in [3.05, 3.63) is 53.6 Å². The number of methoxy groups -OCH3 is 1. The average molecular weight is 346 g/mol. The van der Waals surface area contributed by atoms with E-state index in [9.17, 15) is 18.0 Å². The lowest BCUT2D eigenvalue weighted by Crippen LogP contribution is -2.16. The molecule has 2 aromatic carbocycles. The predicted octanol–water partition coefficient (Wildman–Crippen LogP) is 1.77. The first-order valence-electron chi connectivity index (χ1n) is 7.03. The van der Waals surface area contributed by atoms with Gasteiger partial charge in [-0.15, -0.1) is 0 Å². The Labute approximate surface area is 138 Å². The summed E-state index contributed by atoms with van der Waals surface area (Å²) in [5.74, 6) is -0.819. The molecule has 3 rings (SSSR count). The van der Waals surface area contributed by atoms with Crippen molar-refractivity contribution in [1.29, 1.82) is 0 Å². The van der Waals surface area contributed by atoms with Gasteiger partial charge in [0.1, 0.15) is 0 Å². The lowest BCUT2D eigenvalue weighted by Gasteiger charge is -2.12. The molecule has 0 atom stereocenters. The van der Waals surface area contributed by atoms with Gasteiger partial charge < -0.3 is 10.1 Å². The summed E-state index contributed by atoms with van der Waals surface area (Å²) < 4.78 is 32.2. The van der Waals surface area contributed by atoms with Crippen molar-refractivity contribution >= 4 is 33.3 Å². The third-order valence-electron chi connectivity index (χ3n) is 3.59. The molecule has 24 heavy (non-hydrogen) atoms. The maximum atomic E-state index is 12.6. The Morgan fingerprint density at radius 1 is 1.21 bits per heavy atom. The largest absolute Gasteiger partial charge is 0.465 e. The molecule has 0 bridgehead atoms. The molecule has 0 fully saturated rings. The second kappa shape index (κ2) is 5.97. The van der Waals surface area contributed by atoms with Gasteiger partial charge in [0.15, 0.2) is 0 Å². The lowest BCUT2D eigenvalue weighted by molar-refractivity contribution is -0.115. The molecule has 2 aromatic rings. The molecule has 0 radical (unpaired) electrons. The number of benzene rings is 2. The maximum absolute atomic E-state index is 12.6. The molecule has 1 aliphatic heterocycles. The number of hydrogen-bond acceptors (Lipinski definition) is 5. The van der Waals surface area contributed by atoms with Crippen LogP contribution in [0.1, 0.15) is 15.9 Å². The van der Waals surface area contributed by atoms with Crippen LogP contribution in [-0.2, 0) is 26.0 Å². The van der Waals surface area contributed by atoms with Crippen molar-refractivity contribution in [2.45, 2.75) is 11.3 Å². The van der Waals surface area contributed by atoms with Crippen LogP contribution in [0.15, 0.2) is 47.4 Å². The van der Waals surface area contributed by atoms with Crippen molar-refractivity contribution < 1.29 is 22.7 Å². The van der Waals surface area contributed by atoms with Gasteiger partial charge in [-0.25, -0.2) is 13.2 Å². The molecule has 8 heteroatoms. The van der Waals surface area contributed by atoms with Crippen LogP contribution < -0.4 is 10.0 Å². The number of ether oxygens (including phenoxy) is 1. The molecule has 2 N–H and O–H groups in total. The molecule has 0 saturated carbocycles. The number of para-hydroxylation sites is 1. The first-order valence-corrected chi connectivity index (χ1v) is 8.52. The number of carbonyl (C=O) groups is 2. The van der Waals surface area contributed by atoms with E-state index in [1.165, 1.54) is 31.4 Å². The number of esters is 1. The second-order valence-electron chi connectivity index (χ2n) is 5.19. The molecule has 0 unspecified atom stereocenters. The monoisotopic (exact) mass is 346 g/mol. The van der Waals surface area contributed by atoms with Gasteiger partial charge in [-0.3, -0.25) is 9.52 Å². The summed E-state index contributed by atoms with van der Waals surface area (Å²) in [4.78, 5) is 23.1. The Balaban J connectivity index is 1.95. The van der Waals surface area contributed by atoms with E-state index in [4.69, 9.17) is 0 Å². The quantitative estimate of drug-likeness (QED) is 0.822. The van der Waals surface area contributed by atoms with Crippen molar-refractivity contribution in [3.63, 3.8) is 0 Å². The van der Waals surface area contributed by atoms with Gasteiger partial charge >= 0.3 is 5.97 Å². The minimum absolute atomic E-state index is 0.0115. The highest BCUT2D eigenvalue weighted by Gasteiger charge is 2.23. The number of nitrogens with one attached hydrogen (secondary N) is 2. The predicted molar refractivity (Wildman–Crippen MR) is 87.4 cm³/mol.